The van der Waals surface area contributed by atoms with Gasteiger partial charge in [-0.1, -0.05) is 6.07 Å². The number of rotatable bonds is 6. The normalized spacial score (nSPS) is 10.5. The number of benzene rings is 2. The number of anilines is 1. The molecule has 0 atom stereocenters. The first-order valence-electron chi connectivity index (χ1n) is 9.86. The van der Waals surface area contributed by atoms with Crippen molar-refractivity contribution in [3.63, 3.8) is 0 Å². The van der Waals surface area contributed by atoms with Crippen LogP contribution in [0, 0.1) is 13.8 Å². The Labute approximate surface area is 186 Å². The fourth-order valence-electron chi connectivity index (χ4n) is 3.21. The van der Waals surface area contributed by atoms with Gasteiger partial charge >= 0.3 is 6.15 Å². The summed E-state index contributed by atoms with van der Waals surface area (Å²) in [6.45, 7) is 7.92. The number of nitrogen functional groups attached to an aromatic ring is 1. The topological polar surface area (TPSA) is 121 Å². The number of nitrogens with two attached hydrogens (primary N) is 1. The molecule has 0 bridgehead atoms. The third-order valence-corrected chi connectivity index (χ3v) is 4.54. The van der Waals surface area contributed by atoms with Crippen LogP contribution < -0.4 is 20.5 Å². The fourth-order valence-corrected chi connectivity index (χ4v) is 3.21. The van der Waals surface area contributed by atoms with E-state index >= 15 is 0 Å². The second-order valence-electron chi connectivity index (χ2n) is 7.95. The van der Waals surface area contributed by atoms with E-state index in [1.807, 2.05) is 64.1 Å². The zero-order chi connectivity index (χ0) is 23.9. The van der Waals surface area contributed by atoms with Crippen LogP contribution in [0.1, 0.15) is 35.5 Å². The molecule has 0 radical (unpaired) electrons. The Morgan fingerprint density at radius 2 is 1.84 bits per heavy atom. The summed E-state index contributed by atoms with van der Waals surface area (Å²) in [5, 5.41) is 3.81. The Hall–Kier alpha value is -3.90. The van der Waals surface area contributed by atoms with Crippen molar-refractivity contribution < 1.29 is 23.9 Å². The van der Waals surface area contributed by atoms with Gasteiger partial charge in [-0.05, 0) is 69.7 Å². The lowest BCUT2D eigenvalue weighted by Crippen LogP contribution is -2.47. The minimum absolute atomic E-state index is 0.185. The second-order valence-corrected chi connectivity index (χ2v) is 7.95. The van der Waals surface area contributed by atoms with Crippen LogP contribution in [0.3, 0.4) is 0 Å². The number of fused-ring (bicyclic) bond motifs is 1. The number of amides is 1. The van der Waals surface area contributed by atoms with E-state index in [1.54, 1.807) is 13.2 Å². The molecular formula is C24H27N3O5. The summed E-state index contributed by atoms with van der Waals surface area (Å²) in [4.78, 5) is 33.5. The van der Waals surface area contributed by atoms with Gasteiger partial charge in [-0.25, -0.2) is 0 Å². The predicted octanol–water partition coefficient (Wildman–Crippen LogP) is 3.45. The predicted molar refractivity (Wildman–Crippen MR) is 121 cm³/mol. The van der Waals surface area contributed by atoms with Gasteiger partial charge < -0.3 is 20.5 Å². The maximum absolute atomic E-state index is 12.7. The maximum atomic E-state index is 12.7. The van der Waals surface area contributed by atoms with Crippen molar-refractivity contribution in [1.29, 1.82) is 0 Å². The molecule has 8 heteroatoms. The van der Waals surface area contributed by atoms with Crippen molar-refractivity contribution in [2.75, 3.05) is 19.5 Å². The van der Waals surface area contributed by atoms with Gasteiger partial charge in [0.15, 0.2) is 0 Å². The third-order valence-electron chi connectivity index (χ3n) is 4.54. The highest BCUT2D eigenvalue weighted by atomic mass is 16.5. The lowest BCUT2D eigenvalue weighted by atomic mass is 10.0. The second kappa shape index (κ2) is 10.4. The van der Waals surface area contributed by atoms with Crippen LogP contribution in [-0.4, -0.2) is 36.3 Å². The van der Waals surface area contributed by atoms with Crippen molar-refractivity contribution in [1.82, 2.24) is 10.3 Å². The number of nitrogens with zero attached hydrogens (tertiary/aromatic N) is 1. The van der Waals surface area contributed by atoms with E-state index in [4.69, 9.17) is 24.8 Å². The third kappa shape index (κ3) is 6.30. The average molecular weight is 437 g/mol. The summed E-state index contributed by atoms with van der Waals surface area (Å²) in [7, 11) is 1.58. The molecule has 2 aromatic carbocycles. The minimum Gasteiger partial charge on any atom is -0.497 e. The summed E-state index contributed by atoms with van der Waals surface area (Å²) < 4.78 is 11.3. The lowest BCUT2D eigenvalue weighted by Gasteiger charge is -2.27. The Balaban J connectivity index is 0.00000114. The number of carbonyl (C=O) groups excluding carboxylic acids is 3. The van der Waals surface area contributed by atoms with Crippen molar-refractivity contribution in [2.24, 2.45) is 0 Å². The molecule has 3 rings (SSSR count). The van der Waals surface area contributed by atoms with E-state index < -0.39 is 5.54 Å². The molecule has 3 aromatic rings. The van der Waals surface area contributed by atoms with Crippen LogP contribution in [0.4, 0.5) is 5.69 Å². The molecule has 0 aliphatic carbocycles. The van der Waals surface area contributed by atoms with E-state index in [-0.39, 0.29) is 18.7 Å². The number of ether oxygens (including phenoxy) is 2. The van der Waals surface area contributed by atoms with Gasteiger partial charge in [0.1, 0.15) is 18.1 Å². The van der Waals surface area contributed by atoms with Gasteiger partial charge in [-0.2, -0.15) is 9.59 Å². The average Bonchev–Trinajstić information content (AvgIpc) is 2.71. The van der Waals surface area contributed by atoms with Crippen molar-refractivity contribution in [3.8, 4) is 11.5 Å². The first kappa shape index (κ1) is 24.4. The highest BCUT2D eigenvalue weighted by Gasteiger charge is 2.23. The summed E-state index contributed by atoms with van der Waals surface area (Å²) in [5.41, 5.74) is 9.35. The number of aryl methyl sites for hydroxylation is 2. The molecule has 3 N–H and O–H groups in total. The molecule has 0 unspecified atom stereocenters. The van der Waals surface area contributed by atoms with Crippen molar-refractivity contribution in [3.05, 3.63) is 59.3 Å². The Bertz CT molecular complexity index is 1150. The van der Waals surface area contributed by atoms with Crippen molar-refractivity contribution in [2.45, 2.75) is 33.2 Å². The molecule has 32 heavy (non-hydrogen) atoms. The summed E-state index contributed by atoms with van der Waals surface area (Å²) in [5.74, 6) is 1.11. The molecule has 1 amide bonds. The molecule has 0 aliphatic heterocycles. The number of aromatic nitrogens is 1. The quantitative estimate of drug-likeness (QED) is 0.606. The minimum atomic E-state index is -0.608. The maximum Gasteiger partial charge on any atom is 0.373 e. The van der Waals surface area contributed by atoms with Crippen molar-refractivity contribution >= 4 is 28.6 Å². The highest BCUT2D eigenvalue weighted by molar-refractivity contribution is 5.96. The number of hydrogen-bond acceptors (Lipinski definition) is 7. The number of carbonyl (C=O) groups is 1. The van der Waals surface area contributed by atoms with Crippen LogP contribution >= 0.6 is 0 Å². The van der Waals surface area contributed by atoms with E-state index in [0.717, 1.165) is 22.2 Å². The van der Waals surface area contributed by atoms with Crippen LogP contribution in [-0.2, 0) is 9.59 Å². The van der Waals surface area contributed by atoms with Crippen LogP contribution in [0.15, 0.2) is 42.5 Å². The first-order valence-corrected chi connectivity index (χ1v) is 9.86. The standard InChI is InChI=1S/C23H27N3O3.CO2/c1-14-9-16(12-17(10-14)28-5)22(27)26-23(3,4)13-29-20-8-6-7-19-21(20)18(24)11-15(2)25-19;2-1-3/h6-12H,13H2,1-5H3,(H2,24,25)(H,26,27);. The molecule has 0 saturated heterocycles. The Morgan fingerprint density at radius 1 is 1.16 bits per heavy atom. The summed E-state index contributed by atoms with van der Waals surface area (Å²) in [6.07, 6.45) is 0.250. The number of methoxy groups -OCH3 is 1. The van der Waals surface area contributed by atoms with Gasteiger partial charge in [-0.15, -0.1) is 0 Å². The van der Waals surface area contributed by atoms with Crippen LogP contribution in [0.5, 0.6) is 11.5 Å². The van der Waals surface area contributed by atoms with Gasteiger partial charge in [0.2, 0.25) is 0 Å². The van der Waals surface area contributed by atoms with Gasteiger partial charge in [0, 0.05) is 16.9 Å². The van der Waals surface area contributed by atoms with E-state index in [1.165, 1.54) is 0 Å². The highest BCUT2D eigenvalue weighted by Crippen LogP contribution is 2.30. The largest absolute Gasteiger partial charge is 0.497 e. The number of nitrogens with one attached hydrogen (secondary N) is 1. The van der Waals surface area contributed by atoms with Gasteiger partial charge in [0.05, 0.1) is 23.6 Å². The molecule has 1 heterocycles. The molecule has 0 saturated carbocycles. The first-order chi connectivity index (χ1) is 15.1. The molecule has 1 aromatic heterocycles. The molecular weight excluding hydrogens is 410 g/mol. The van der Waals surface area contributed by atoms with E-state index in [9.17, 15) is 4.79 Å². The molecule has 0 spiro atoms. The monoisotopic (exact) mass is 437 g/mol. The van der Waals surface area contributed by atoms with Crippen LogP contribution in [0.25, 0.3) is 10.9 Å². The Kier molecular flexibility index (Phi) is 7.93. The molecule has 168 valence electrons. The fraction of sp³-hybridized carbons (Fsp3) is 0.292. The molecule has 0 aliphatic rings. The summed E-state index contributed by atoms with van der Waals surface area (Å²) in [6, 6.07) is 12.9. The molecule has 0 fully saturated rings. The Morgan fingerprint density at radius 3 is 2.50 bits per heavy atom. The number of pyridine rings is 1. The molecule has 8 nitrogen and oxygen atoms in total. The van der Waals surface area contributed by atoms with Gasteiger partial charge in [0.25, 0.3) is 5.91 Å². The van der Waals surface area contributed by atoms with E-state index in [0.29, 0.717) is 22.7 Å². The van der Waals surface area contributed by atoms with E-state index in [2.05, 4.69) is 10.3 Å². The van der Waals surface area contributed by atoms with Crippen LogP contribution in [0.2, 0.25) is 0 Å². The van der Waals surface area contributed by atoms with Gasteiger partial charge in [-0.3, -0.25) is 9.78 Å². The zero-order valence-corrected chi connectivity index (χ0v) is 18.8. The lowest BCUT2D eigenvalue weighted by molar-refractivity contribution is -0.191. The summed E-state index contributed by atoms with van der Waals surface area (Å²) >= 11 is 0. The SMILES string of the molecule is COc1cc(C)cc(C(=O)NC(C)(C)COc2cccc3nc(C)cc(N)c23)c1.O=C=O. The smallest absolute Gasteiger partial charge is 0.373 e. The number of hydrogen-bond donors (Lipinski definition) is 2. The zero-order valence-electron chi connectivity index (χ0n) is 18.8.